The molecule has 2 N–H and O–H groups in total. The normalized spacial score (nSPS) is 29.6. The number of benzene rings is 1. The number of hydrogen-bond acceptors (Lipinski definition) is 3. The fraction of sp³-hybridized carbons (Fsp3) is 0.625. The van der Waals surface area contributed by atoms with Gasteiger partial charge in [0.1, 0.15) is 5.75 Å². The highest BCUT2D eigenvalue weighted by Crippen LogP contribution is 2.36. The maximum atomic E-state index is 6.11. The molecule has 1 heterocycles. The van der Waals surface area contributed by atoms with Gasteiger partial charge in [0.2, 0.25) is 0 Å². The summed E-state index contributed by atoms with van der Waals surface area (Å²) in [4.78, 5) is 0. The molecule has 0 spiro atoms. The summed E-state index contributed by atoms with van der Waals surface area (Å²) in [5, 5.41) is 8.09. The highest BCUT2D eigenvalue weighted by molar-refractivity contribution is 6.30. The fourth-order valence-corrected chi connectivity index (χ4v) is 3.89. The quantitative estimate of drug-likeness (QED) is 0.889. The van der Waals surface area contributed by atoms with Crippen LogP contribution in [-0.2, 0) is 0 Å². The molecule has 3 nitrogen and oxygen atoms in total. The molecule has 1 saturated carbocycles. The molecular weight excluding hydrogens is 272 g/mol. The number of anilines is 1. The molecule has 1 aliphatic carbocycles. The molecule has 3 atom stereocenters. The second-order valence-corrected chi connectivity index (χ2v) is 6.33. The first-order chi connectivity index (χ1) is 9.78. The van der Waals surface area contributed by atoms with Crippen LogP contribution in [0.5, 0.6) is 5.75 Å². The molecule has 3 unspecified atom stereocenters. The minimum Gasteiger partial charge on any atom is -0.495 e. The van der Waals surface area contributed by atoms with Gasteiger partial charge < -0.3 is 15.4 Å². The van der Waals surface area contributed by atoms with E-state index in [0.29, 0.717) is 12.1 Å². The van der Waals surface area contributed by atoms with Crippen LogP contribution >= 0.6 is 11.6 Å². The third-order valence-electron chi connectivity index (χ3n) is 4.69. The summed E-state index contributed by atoms with van der Waals surface area (Å²) >= 11 is 6.11. The van der Waals surface area contributed by atoms with Crippen molar-refractivity contribution in [3.05, 3.63) is 23.2 Å². The van der Waals surface area contributed by atoms with E-state index in [1.54, 1.807) is 7.11 Å². The number of rotatable bonds is 4. The molecule has 2 aliphatic rings. The Bertz CT molecular complexity index is 460. The van der Waals surface area contributed by atoms with Gasteiger partial charge in [0.05, 0.1) is 12.8 Å². The first kappa shape index (κ1) is 14.0. The van der Waals surface area contributed by atoms with Crippen LogP contribution in [0.3, 0.4) is 0 Å². The van der Waals surface area contributed by atoms with Crippen molar-refractivity contribution in [1.82, 2.24) is 5.32 Å². The lowest BCUT2D eigenvalue weighted by Gasteiger charge is -2.28. The molecule has 1 aliphatic heterocycles. The van der Waals surface area contributed by atoms with Gasteiger partial charge in [-0.25, -0.2) is 0 Å². The predicted molar refractivity (Wildman–Crippen MR) is 83.8 cm³/mol. The van der Waals surface area contributed by atoms with Gasteiger partial charge in [-0.05, 0) is 56.3 Å². The third-order valence-corrected chi connectivity index (χ3v) is 4.92. The smallest absolute Gasteiger partial charge is 0.142 e. The Labute approximate surface area is 126 Å². The number of methoxy groups -OCH3 is 1. The summed E-state index contributed by atoms with van der Waals surface area (Å²) in [6, 6.07) is 6.98. The van der Waals surface area contributed by atoms with Crippen molar-refractivity contribution in [3.63, 3.8) is 0 Å². The average molecular weight is 295 g/mol. The van der Waals surface area contributed by atoms with E-state index in [0.717, 1.165) is 22.4 Å². The predicted octanol–water partition coefficient (Wildman–Crippen LogP) is 3.68. The van der Waals surface area contributed by atoms with Crippen LogP contribution in [-0.4, -0.2) is 25.7 Å². The lowest BCUT2D eigenvalue weighted by Crippen LogP contribution is -2.38. The van der Waals surface area contributed by atoms with Crippen LogP contribution in [0.4, 0.5) is 5.69 Å². The Hall–Kier alpha value is -0.930. The molecule has 4 heteroatoms. The summed E-state index contributed by atoms with van der Waals surface area (Å²) in [5.41, 5.74) is 1.02. The number of halogens is 1. The van der Waals surface area contributed by atoms with E-state index in [9.17, 15) is 0 Å². The van der Waals surface area contributed by atoms with Crippen molar-refractivity contribution in [2.24, 2.45) is 5.92 Å². The highest BCUT2D eigenvalue weighted by Gasteiger charge is 2.35. The lowest BCUT2D eigenvalue weighted by atomic mass is 9.93. The molecule has 110 valence electrons. The van der Waals surface area contributed by atoms with E-state index >= 15 is 0 Å². The van der Waals surface area contributed by atoms with Crippen molar-refractivity contribution in [2.75, 3.05) is 19.0 Å². The Kier molecular flexibility index (Phi) is 4.37. The molecule has 2 fully saturated rings. The summed E-state index contributed by atoms with van der Waals surface area (Å²) in [5.74, 6) is 1.60. The molecular formula is C16H23ClN2O. The summed E-state index contributed by atoms with van der Waals surface area (Å²) in [7, 11) is 1.71. The van der Waals surface area contributed by atoms with E-state index in [2.05, 4.69) is 10.6 Å². The van der Waals surface area contributed by atoms with Crippen LogP contribution < -0.4 is 15.4 Å². The summed E-state index contributed by atoms with van der Waals surface area (Å²) < 4.78 is 5.43. The second kappa shape index (κ2) is 6.23. The van der Waals surface area contributed by atoms with Crippen LogP contribution in [0.2, 0.25) is 5.02 Å². The van der Waals surface area contributed by atoms with Crippen LogP contribution in [0.1, 0.15) is 32.1 Å². The molecule has 3 rings (SSSR count). The van der Waals surface area contributed by atoms with E-state index in [1.807, 2.05) is 18.2 Å². The average Bonchev–Trinajstić information content (AvgIpc) is 3.09. The standard InChI is InChI=1S/C16H23ClN2O/c1-20-16-8-7-11(17)10-15(16)19-14-5-2-4-12(14)13-6-3-9-18-13/h7-8,10,12-14,18-19H,2-6,9H2,1H3. The van der Waals surface area contributed by atoms with Gasteiger partial charge in [-0.1, -0.05) is 18.0 Å². The molecule has 1 aromatic carbocycles. The monoisotopic (exact) mass is 294 g/mol. The molecule has 1 saturated heterocycles. The first-order valence-corrected chi connectivity index (χ1v) is 7.99. The third kappa shape index (κ3) is 2.89. The topological polar surface area (TPSA) is 33.3 Å². The van der Waals surface area contributed by atoms with Gasteiger partial charge in [-0.2, -0.15) is 0 Å². The van der Waals surface area contributed by atoms with Gasteiger partial charge in [-0.3, -0.25) is 0 Å². The zero-order chi connectivity index (χ0) is 13.9. The molecule has 0 radical (unpaired) electrons. The Morgan fingerprint density at radius 2 is 2.15 bits per heavy atom. The summed E-state index contributed by atoms with van der Waals surface area (Å²) in [6.07, 6.45) is 6.49. The van der Waals surface area contributed by atoms with Gasteiger partial charge in [-0.15, -0.1) is 0 Å². The number of ether oxygens (including phenoxy) is 1. The maximum Gasteiger partial charge on any atom is 0.142 e. The van der Waals surface area contributed by atoms with Crippen molar-refractivity contribution in [2.45, 2.75) is 44.2 Å². The minimum atomic E-state index is 0.526. The number of hydrogen-bond donors (Lipinski definition) is 2. The summed E-state index contributed by atoms with van der Waals surface area (Å²) in [6.45, 7) is 1.17. The molecule has 0 amide bonds. The van der Waals surface area contributed by atoms with E-state index in [1.165, 1.54) is 38.6 Å². The van der Waals surface area contributed by atoms with E-state index in [4.69, 9.17) is 16.3 Å². The van der Waals surface area contributed by atoms with Crippen LogP contribution in [0.25, 0.3) is 0 Å². The Balaban J connectivity index is 1.74. The maximum absolute atomic E-state index is 6.11. The van der Waals surface area contributed by atoms with Gasteiger partial charge in [0, 0.05) is 17.1 Å². The van der Waals surface area contributed by atoms with E-state index in [-0.39, 0.29) is 0 Å². The van der Waals surface area contributed by atoms with Gasteiger partial charge in [0.25, 0.3) is 0 Å². The van der Waals surface area contributed by atoms with Crippen molar-refractivity contribution >= 4 is 17.3 Å². The van der Waals surface area contributed by atoms with Crippen molar-refractivity contribution in [1.29, 1.82) is 0 Å². The Morgan fingerprint density at radius 1 is 1.25 bits per heavy atom. The molecule has 20 heavy (non-hydrogen) atoms. The highest BCUT2D eigenvalue weighted by atomic mass is 35.5. The zero-order valence-electron chi connectivity index (χ0n) is 12.0. The van der Waals surface area contributed by atoms with E-state index < -0.39 is 0 Å². The minimum absolute atomic E-state index is 0.526. The van der Waals surface area contributed by atoms with Crippen LogP contribution in [0.15, 0.2) is 18.2 Å². The van der Waals surface area contributed by atoms with Gasteiger partial charge >= 0.3 is 0 Å². The van der Waals surface area contributed by atoms with Crippen LogP contribution in [0, 0.1) is 5.92 Å². The SMILES string of the molecule is COc1ccc(Cl)cc1NC1CCCC1C1CCCN1. The number of nitrogens with one attached hydrogen (secondary N) is 2. The largest absolute Gasteiger partial charge is 0.495 e. The van der Waals surface area contributed by atoms with Crippen molar-refractivity contribution < 1.29 is 4.74 Å². The van der Waals surface area contributed by atoms with Crippen molar-refractivity contribution in [3.8, 4) is 5.75 Å². The molecule has 0 aromatic heterocycles. The fourth-order valence-electron chi connectivity index (χ4n) is 3.72. The lowest BCUT2D eigenvalue weighted by molar-refractivity contribution is 0.373. The molecule has 0 bridgehead atoms. The first-order valence-electron chi connectivity index (χ1n) is 7.61. The zero-order valence-corrected chi connectivity index (χ0v) is 12.7. The van der Waals surface area contributed by atoms with Gasteiger partial charge in [0.15, 0.2) is 0 Å². The molecule has 1 aromatic rings. The Morgan fingerprint density at radius 3 is 2.90 bits per heavy atom. The second-order valence-electron chi connectivity index (χ2n) is 5.89.